The van der Waals surface area contributed by atoms with Gasteiger partial charge < -0.3 is 15.4 Å². The second-order valence-corrected chi connectivity index (χ2v) is 6.38. The minimum atomic E-state index is -4.16. The Balaban J connectivity index is 1.96. The number of ether oxygens (including phenoxy) is 1. The van der Waals surface area contributed by atoms with Gasteiger partial charge in [0.1, 0.15) is 12.4 Å². The van der Waals surface area contributed by atoms with Crippen LogP contribution in [0.3, 0.4) is 0 Å². The number of aliphatic imine (C=N–C) groups is 1. The van der Waals surface area contributed by atoms with E-state index in [0.717, 1.165) is 11.3 Å². The Kier molecular flexibility index (Phi) is 7.97. The molecule has 1 aromatic rings. The van der Waals surface area contributed by atoms with Gasteiger partial charge in [0, 0.05) is 31.2 Å². The van der Waals surface area contributed by atoms with E-state index in [-0.39, 0.29) is 6.04 Å². The second-order valence-electron chi connectivity index (χ2n) is 6.38. The minimum Gasteiger partial charge on any atom is -0.489 e. The van der Waals surface area contributed by atoms with Crippen molar-refractivity contribution in [2.75, 3.05) is 32.8 Å². The van der Waals surface area contributed by atoms with Crippen molar-refractivity contribution in [1.29, 1.82) is 0 Å². The molecule has 8 heteroatoms. The molecule has 0 bridgehead atoms. The second kappa shape index (κ2) is 10.2. The van der Waals surface area contributed by atoms with E-state index in [4.69, 9.17) is 4.74 Å². The van der Waals surface area contributed by atoms with E-state index in [9.17, 15) is 13.2 Å². The molecule has 0 aliphatic carbocycles. The molecule has 0 spiro atoms. The number of nitrogens with one attached hydrogen (secondary N) is 2. The molecular weight excluding hydrogens is 357 g/mol. The lowest BCUT2D eigenvalue weighted by Crippen LogP contribution is -2.45. The Hall–Kier alpha value is -2.22. The highest BCUT2D eigenvalue weighted by atomic mass is 19.4. The highest BCUT2D eigenvalue weighted by molar-refractivity contribution is 5.80. The Bertz CT molecular complexity index is 634. The van der Waals surface area contributed by atoms with Crippen molar-refractivity contribution in [1.82, 2.24) is 15.5 Å². The lowest BCUT2D eigenvalue weighted by atomic mass is 10.2. The molecule has 0 saturated carbocycles. The van der Waals surface area contributed by atoms with Gasteiger partial charge in [0.15, 0.2) is 5.96 Å². The smallest absolute Gasteiger partial charge is 0.401 e. The van der Waals surface area contributed by atoms with Crippen LogP contribution in [0.25, 0.3) is 0 Å². The number of rotatable bonds is 8. The van der Waals surface area contributed by atoms with Crippen molar-refractivity contribution in [3.05, 3.63) is 42.5 Å². The fraction of sp³-hybridized carbons (Fsp3) is 0.526. The van der Waals surface area contributed by atoms with Crippen molar-refractivity contribution >= 4 is 5.96 Å². The number of para-hydroxylation sites is 1. The summed E-state index contributed by atoms with van der Waals surface area (Å²) < 4.78 is 43.2. The summed E-state index contributed by atoms with van der Waals surface area (Å²) in [5.74, 6) is 1.34. The van der Waals surface area contributed by atoms with Crippen molar-refractivity contribution in [3.8, 4) is 5.75 Å². The van der Waals surface area contributed by atoms with Gasteiger partial charge in [0.25, 0.3) is 0 Å². The fourth-order valence-electron chi connectivity index (χ4n) is 2.95. The predicted octanol–water partition coefficient (Wildman–Crippen LogP) is 2.94. The molecule has 5 nitrogen and oxygen atoms in total. The van der Waals surface area contributed by atoms with Crippen LogP contribution in [0, 0.1) is 0 Å². The van der Waals surface area contributed by atoms with Crippen LogP contribution >= 0.6 is 0 Å². The number of benzene rings is 1. The van der Waals surface area contributed by atoms with Gasteiger partial charge in [-0.3, -0.25) is 4.90 Å². The third kappa shape index (κ3) is 7.50. The summed E-state index contributed by atoms with van der Waals surface area (Å²) in [6.07, 6.45) is -1.83. The number of hydrogen-bond donors (Lipinski definition) is 2. The molecule has 1 aromatic carbocycles. The summed E-state index contributed by atoms with van der Waals surface area (Å²) in [7, 11) is 0. The highest BCUT2D eigenvalue weighted by Crippen LogP contribution is 2.20. The van der Waals surface area contributed by atoms with Crippen LogP contribution in [0.2, 0.25) is 0 Å². The average molecular weight is 384 g/mol. The van der Waals surface area contributed by atoms with E-state index in [1.54, 1.807) is 6.08 Å². The average Bonchev–Trinajstić information content (AvgIpc) is 3.03. The van der Waals surface area contributed by atoms with Gasteiger partial charge in [-0.1, -0.05) is 30.9 Å². The van der Waals surface area contributed by atoms with Gasteiger partial charge in [-0.15, -0.1) is 0 Å². The van der Waals surface area contributed by atoms with E-state index < -0.39 is 12.7 Å². The first-order chi connectivity index (χ1) is 12.9. The maximum Gasteiger partial charge on any atom is 0.401 e. The molecule has 0 aromatic heterocycles. The Morgan fingerprint density at radius 1 is 1.41 bits per heavy atom. The van der Waals surface area contributed by atoms with Gasteiger partial charge in [-0.2, -0.15) is 13.2 Å². The maximum absolute atomic E-state index is 12.5. The molecule has 150 valence electrons. The molecule has 1 heterocycles. The summed E-state index contributed by atoms with van der Waals surface area (Å²) in [4.78, 5) is 5.98. The van der Waals surface area contributed by atoms with Crippen LogP contribution in [-0.2, 0) is 6.54 Å². The molecule has 1 aliphatic rings. The number of hydrogen-bond acceptors (Lipinski definition) is 3. The molecule has 2 N–H and O–H groups in total. The molecule has 1 aliphatic heterocycles. The topological polar surface area (TPSA) is 48.9 Å². The van der Waals surface area contributed by atoms with Crippen LogP contribution < -0.4 is 15.4 Å². The van der Waals surface area contributed by atoms with Crippen molar-refractivity contribution in [2.45, 2.75) is 32.1 Å². The van der Waals surface area contributed by atoms with Gasteiger partial charge in [-0.25, -0.2) is 4.99 Å². The molecule has 0 radical (unpaired) electrons. The number of alkyl halides is 3. The van der Waals surface area contributed by atoms with Crippen LogP contribution in [0.5, 0.6) is 5.75 Å². The monoisotopic (exact) mass is 384 g/mol. The first-order valence-electron chi connectivity index (χ1n) is 9.07. The van der Waals surface area contributed by atoms with Gasteiger partial charge in [0.05, 0.1) is 13.1 Å². The number of likely N-dealkylation sites (tertiary alicyclic amines) is 1. The third-order valence-corrected chi connectivity index (χ3v) is 4.10. The minimum absolute atomic E-state index is 0.0580. The van der Waals surface area contributed by atoms with Crippen LogP contribution in [-0.4, -0.2) is 55.9 Å². The van der Waals surface area contributed by atoms with E-state index in [1.807, 2.05) is 31.2 Å². The van der Waals surface area contributed by atoms with Crippen molar-refractivity contribution < 1.29 is 17.9 Å². The maximum atomic E-state index is 12.5. The molecule has 1 unspecified atom stereocenters. The van der Waals surface area contributed by atoms with Gasteiger partial charge >= 0.3 is 6.18 Å². The van der Waals surface area contributed by atoms with Crippen LogP contribution in [0.1, 0.15) is 18.9 Å². The molecular formula is C19H27F3N4O. The highest BCUT2D eigenvalue weighted by Gasteiger charge is 2.34. The number of halogens is 3. The molecule has 1 fully saturated rings. The zero-order valence-corrected chi connectivity index (χ0v) is 15.6. The molecule has 1 saturated heterocycles. The third-order valence-electron chi connectivity index (χ3n) is 4.10. The summed E-state index contributed by atoms with van der Waals surface area (Å²) in [6.45, 7) is 6.98. The first kappa shape index (κ1) is 21.1. The quantitative estimate of drug-likeness (QED) is 0.411. The first-order valence-corrected chi connectivity index (χ1v) is 9.07. The predicted molar refractivity (Wildman–Crippen MR) is 101 cm³/mol. The van der Waals surface area contributed by atoms with E-state index >= 15 is 0 Å². The molecule has 0 amide bonds. The molecule has 2 rings (SSSR count). The number of nitrogens with zero attached hydrogens (tertiary/aromatic N) is 2. The van der Waals surface area contributed by atoms with Crippen LogP contribution in [0.4, 0.5) is 13.2 Å². The molecule has 1 atom stereocenters. The van der Waals surface area contributed by atoms with E-state index in [2.05, 4.69) is 22.2 Å². The van der Waals surface area contributed by atoms with E-state index in [0.29, 0.717) is 45.2 Å². The summed E-state index contributed by atoms with van der Waals surface area (Å²) in [5.41, 5.74) is 0.932. The summed E-state index contributed by atoms with van der Waals surface area (Å²) >= 11 is 0. The standard InChI is InChI=1S/C19H27F3N4O/c1-3-11-27-17-8-6-5-7-15(17)12-24-18(23-4-2)25-16-9-10-26(13-16)14-19(20,21)22/h3,5-8,16H,1,4,9-14H2,2H3,(H2,23,24,25). The lowest BCUT2D eigenvalue weighted by Gasteiger charge is -2.20. The normalized spacial score (nSPS) is 18.4. The van der Waals surface area contributed by atoms with Crippen LogP contribution in [0.15, 0.2) is 41.9 Å². The Morgan fingerprint density at radius 2 is 2.19 bits per heavy atom. The van der Waals surface area contributed by atoms with Crippen molar-refractivity contribution in [2.24, 2.45) is 4.99 Å². The summed E-state index contributed by atoms with van der Waals surface area (Å²) in [6, 6.07) is 7.56. The Morgan fingerprint density at radius 3 is 2.89 bits per heavy atom. The fourth-order valence-corrected chi connectivity index (χ4v) is 2.95. The van der Waals surface area contributed by atoms with Gasteiger partial charge in [-0.05, 0) is 19.4 Å². The lowest BCUT2D eigenvalue weighted by molar-refractivity contribution is -0.143. The zero-order valence-electron chi connectivity index (χ0n) is 15.6. The largest absolute Gasteiger partial charge is 0.489 e. The van der Waals surface area contributed by atoms with Crippen molar-refractivity contribution in [3.63, 3.8) is 0 Å². The molecule has 27 heavy (non-hydrogen) atoms. The van der Waals surface area contributed by atoms with E-state index in [1.165, 1.54) is 4.90 Å². The SMILES string of the molecule is C=CCOc1ccccc1CN=C(NCC)NC1CCN(CC(F)(F)F)C1. The number of guanidine groups is 1. The van der Waals surface area contributed by atoms with Gasteiger partial charge in [0.2, 0.25) is 0 Å². The Labute approximate surface area is 158 Å². The summed E-state index contributed by atoms with van der Waals surface area (Å²) in [5, 5.41) is 6.39. The zero-order chi connectivity index (χ0) is 19.7.